The first-order chi connectivity index (χ1) is 14.0. The number of hydrogen-bond acceptors (Lipinski definition) is 5. The van der Waals surface area contributed by atoms with Crippen molar-refractivity contribution in [2.45, 2.75) is 26.9 Å². The van der Waals surface area contributed by atoms with E-state index >= 15 is 0 Å². The molecule has 0 saturated heterocycles. The van der Waals surface area contributed by atoms with Gasteiger partial charge in [-0.15, -0.1) is 11.3 Å². The van der Waals surface area contributed by atoms with Crippen LogP contribution >= 0.6 is 11.3 Å². The van der Waals surface area contributed by atoms with Crippen LogP contribution in [0.25, 0.3) is 0 Å². The van der Waals surface area contributed by atoms with E-state index in [1.807, 2.05) is 27.0 Å². The van der Waals surface area contributed by atoms with Gasteiger partial charge in [0.15, 0.2) is 5.96 Å². The molecule has 0 radical (unpaired) electrons. The zero-order valence-corrected chi connectivity index (χ0v) is 17.5. The molecule has 0 atom stereocenters. The van der Waals surface area contributed by atoms with Crippen molar-refractivity contribution in [2.75, 3.05) is 13.6 Å². The number of benzene rings is 1. The Bertz CT molecular complexity index is 940. The first kappa shape index (κ1) is 20.7. The molecular weight excluding hydrogens is 389 g/mol. The topological polar surface area (TPSA) is 62.6 Å². The van der Waals surface area contributed by atoms with E-state index in [2.05, 4.69) is 25.6 Å². The van der Waals surface area contributed by atoms with E-state index in [0.29, 0.717) is 24.7 Å². The Kier molecular flexibility index (Phi) is 7.13. The highest BCUT2D eigenvalue weighted by Gasteiger charge is 2.09. The fraction of sp³-hybridized carbons (Fsp3) is 0.286. The first-order valence-corrected chi connectivity index (χ1v) is 10.2. The number of nitrogens with zero attached hydrogens (tertiary/aromatic N) is 4. The van der Waals surface area contributed by atoms with Crippen molar-refractivity contribution >= 4 is 17.3 Å². The second-order valence-corrected chi connectivity index (χ2v) is 7.51. The second kappa shape index (κ2) is 9.97. The van der Waals surface area contributed by atoms with Crippen LogP contribution in [0.1, 0.15) is 23.2 Å². The van der Waals surface area contributed by atoms with Crippen LogP contribution in [0, 0.1) is 12.7 Å². The summed E-state index contributed by atoms with van der Waals surface area (Å²) in [6.07, 6.45) is 1.73. The SMILES string of the molecule is CCNC(=NCc1ccc(Oc2ccc(F)cc2)nc1)N(C)Cc1csc(C)n1. The maximum Gasteiger partial charge on any atom is 0.219 e. The molecule has 0 aliphatic carbocycles. The quantitative estimate of drug-likeness (QED) is 0.460. The molecule has 3 aromatic rings. The minimum absolute atomic E-state index is 0.301. The normalized spacial score (nSPS) is 11.4. The number of thiazole rings is 1. The van der Waals surface area contributed by atoms with Gasteiger partial charge in [-0.1, -0.05) is 6.07 Å². The third kappa shape index (κ3) is 6.25. The summed E-state index contributed by atoms with van der Waals surface area (Å²) in [5.74, 6) is 1.50. The molecule has 0 bridgehead atoms. The molecule has 152 valence electrons. The lowest BCUT2D eigenvalue weighted by Crippen LogP contribution is -2.38. The van der Waals surface area contributed by atoms with Gasteiger partial charge in [0, 0.05) is 31.2 Å². The molecule has 2 heterocycles. The van der Waals surface area contributed by atoms with Crippen molar-refractivity contribution in [2.24, 2.45) is 4.99 Å². The number of nitrogens with one attached hydrogen (secondary N) is 1. The number of guanidine groups is 1. The molecule has 8 heteroatoms. The smallest absolute Gasteiger partial charge is 0.219 e. The molecule has 0 unspecified atom stereocenters. The second-order valence-electron chi connectivity index (χ2n) is 6.44. The molecule has 0 aliphatic heterocycles. The number of halogens is 1. The molecule has 6 nitrogen and oxygen atoms in total. The number of pyridine rings is 1. The third-order valence-electron chi connectivity index (χ3n) is 4.01. The Morgan fingerprint density at radius 1 is 1.24 bits per heavy atom. The Morgan fingerprint density at radius 2 is 2.03 bits per heavy atom. The van der Waals surface area contributed by atoms with Crippen molar-refractivity contribution in [3.63, 3.8) is 0 Å². The van der Waals surface area contributed by atoms with Gasteiger partial charge in [0.25, 0.3) is 0 Å². The van der Waals surface area contributed by atoms with Crippen molar-refractivity contribution in [3.05, 3.63) is 70.1 Å². The van der Waals surface area contributed by atoms with Gasteiger partial charge in [-0.3, -0.25) is 0 Å². The Balaban J connectivity index is 1.61. The Labute approximate surface area is 174 Å². The molecule has 1 aromatic carbocycles. The van der Waals surface area contributed by atoms with Gasteiger partial charge >= 0.3 is 0 Å². The highest BCUT2D eigenvalue weighted by Crippen LogP contribution is 2.19. The lowest BCUT2D eigenvalue weighted by atomic mass is 10.3. The number of hydrogen-bond donors (Lipinski definition) is 1. The van der Waals surface area contributed by atoms with Crippen molar-refractivity contribution < 1.29 is 9.13 Å². The molecule has 29 heavy (non-hydrogen) atoms. The Hall–Kier alpha value is -3.00. The highest BCUT2D eigenvalue weighted by atomic mass is 32.1. The lowest BCUT2D eigenvalue weighted by molar-refractivity contribution is 0.460. The zero-order chi connectivity index (χ0) is 20.6. The summed E-state index contributed by atoms with van der Waals surface area (Å²) in [5, 5.41) is 6.43. The van der Waals surface area contributed by atoms with Crippen LogP contribution in [0.3, 0.4) is 0 Å². The van der Waals surface area contributed by atoms with Gasteiger partial charge in [-0.05, 0) is 43.7 Å². The molecule has 0 amide bonds. The van der Waals surface area contributed by atoms with Crippen molar-refractivity contribution in [1.82, 2.24) is 20.2 Å². The van der Waals surface area contributed by atoms with Gasteiger partial charge in [0.2, 0.25) is 5.88 Å². The summed E-state index contributed by atoms with van der Waals surface area (Å²) in [4.78, 5) is 15.6. The fourth-order valence-electron chi connectivity index (χ4n) is 2.62. The predicted octanol–water partition coefficient (Wildman–Crippen LogP) is 4.38. The zero-order valence-electron chi connectivity index (χ0n) is 16.7. The van der Waals surface area contributed by atoms with Gasteiger partial charge in [-0.2, -0.15) is 0 Å². The van der Waals surface area contributed by atoms with Crippen LogP contribution in [0.2, 0.25) is 0 Å². The third-order valence-corrected chi connectivity index (χ3v) is 4.83. The molecule has 0 saturated carbocycles. The van der Waals surface area contributed by atoms with Gasteiger partial charge in [0.05, 0.1) is 23.8 Å². The van der Waals surface area contributed by atoms with Crippen LogP contribution in [-0.2, 0) is 13.1 Å². The van der Waals surface area contributed by atoms with Crippen LogP contribution in [0.4, 0.5) is 4.39 Å². The summed E-state index contributed by atoms with van der Waals surface area (Å²) in [5.41, 5.74) is 1.99. The molecular formula is C21H24FN5OS. The fourth-order valence-corrected chi connectivity index (χ4v) is 3.23. The summed E-state index contributed by atoms with van der Waals surface area (Å²) >= 11 is 1.65. The molecule has 1 N–H and O–H groups in total. The largest absolute Gasteiger partial charge is 0.439 e. The molecule has 3 rings (SSSR count). The minimum Gasteiger partial charge on any atom is -0.439 e. The average molecular weight is 414 g/mol. The maximum absolute atomic E-state index is 13.0. The van der Waals surface area contributed by atoms with E-state index in [9.17, 15) is 4.39 Å². The average Bonchev–Trinajstić information content (AvgIpc) is 3.12. The van der Waals surface area contributed by atoms with E-state index in [1.54, 1.807) is 35.7 Å². The summed E-state index contributed by atoms with van der Waals surface area (Å²) < 4.78 is 18.6. The summed E-state index contributed by atoms with van der Waals surface area (Å²) in [7, 11) is 1.99. The number of aliphatic imine (C=N–C) groups is 1. The summed E-state index contributed by atoms with van der Waals surface area (Å²) in [6.45, 7) is 6.01. The molecule has 0 aliphatic rings. The van der Waals surface area contributed by atoms with Crippen LogP contribution in [0.15, 0.2) is 53.0 Å². The lowest BCUT2D eigenvalue weighted by Gasteiger charge is -2.21. The van der Waals surface area contributed by atoms with Crippen LogP contribution in [0.5, 0.6) is 11.6 Å². The van der Waals surface area contributed by atoms with Gasteiger partial charge in [-0.25, -0.2) is 19.4 Å². The summed E-state index contributed by atoms with van der Waals surface area (Å²) in [6, 6.07) is 9.54. The highest BCUT2D eigenvalue weighted by molar-refractivity contribution is 7.09. The standard InChI is InChI=1S/C21H24FN5OS/c1-4-23-21(27(3)13-18-14-29-15(2)26-18)25-12-16-5-10-20(24-11-16)28-19-8-6-17(22)7-9-19/h5-11,14H,4,12-13H2,1-3H3,(H,23,25). The van der Waals surface area contributed by atoms with E-state index in [1.165, 1.54) is 12.1 Å². The van der Waals surface area contributed by atoms with E-state index < -0.39 is 0 Å². The number of rotatable bonds is 7. The predicted molar refractivity (Wildman–Crippen MR) is 114 cm³/mol. The molecule has 2 aromatic heterocycles. The number of aromatic nitrogens is 2. The van der Waals surface area contributed by atoms with Crippen LogP contribution in [-0.4, -0.2) is 34.4 Å². The monoisotopic (exact) mass is 413 g/mol. The van der Waals surface area contributed by atoms with E-state index in [4.69, 9.17) is 9.73 Å². The van der Waals surface area contributed by atoms with Crippen LogP contribution < -0.4 is 10.1 Å². The first-order valence-electron chi connectivity index (χ1n) is 9.32. The maximum atomic E-state index is 13.0. The van der Waals surface area contributed by atoms with Gasteiger partial charge in [0.1, 0.15) is 11.6 Å². The minimum atomic E-state index is -0.301. The van der Waals surface area contributed by atoms with Crippen molar-refractivity contribution in [1.29, 1.82) is 0 Å². The molecule has 0 spiro atoms. The number of aryl methyl sites for hydroxylation is 1. The van der Waals surface area contributed by atoms with Gasteiger partial charge < -0.3 is 15.0 Å². The Morgan fingerprint density at radius 3 is 2.66 bits per heavy atom. The van der Waals surface area contributed by atoms with Crippen molar-refractivity contribution in [3.8, 4) is 11.6 Å². The van der Waals surface area contributed by atoms with E-state index in [0.717, 1.165) is 28.8 Å². The molecule has 0 fully saturated rings. The van der Waals surface area contributed by atoms with E-state index in [-0.39, 0.29) is 5.82 Å². The number of ether oxygens (including phenoxy) is 1.